The van der Waals surface area contributed by atoms with Crippen LogP contribution in [0.4, 0.5) is 13.2 Å². The summed E-state index contributed by atoms with van der Waals surface area (Å²) in [6.07, 6.45) is -4.26. The van der Waals surface area contributed by atoms with Gasteiger partial charge in [0.2, 0.25) is 0 Å². The van der Waals surface area contributed by atoms with Gasteiger partial charge < -0.3 is 10.6 Å². The summed E-state index contributed by atoms with van der Waals surface area (Å²) in [5.41, 5.74) is -0.757. The molecule has 1 heterocycles. The molecule has 1 rings (SSSR count). The number of amides is 1. The van der Waals surface area contributed by atoms with Crippen LogP contribution < -0.4 is 10.6 Å². The molecule has 1 saturated heterocycles. The third kappa shape index (κ3) is 2.58. The summed E-state index contributed by atoms with van der Waals surface area (Å²) >= 11 is 0. The summed E-state index contributed by atoms with van der Waals surface area (Å²) in [4.78, 5) is 10.6. The molecule has 1 amide bonds. The van der Waals surface area contributed by atoms with Crippen molar-refractivity contribution < 1.29 is 18.0 Å². The molecule has 0 spiro atoms. The van der Waals surface area contributed by atoms with E-state index in [9.17, 15) is 18.0 Å². The first-order chi connectivity index (χ1) is 5.83. The number of hydrogen-bond donors (Lipinski definition) is 2. The Bertz CT molecular complexity index is 208. The fourth-order valence-corrected chi connectivity index (χ4v) is 1.27. The van der Waals surface area contributed by atoms with Gasteiger partial charge in [-0.2, -0.15) is 13.2 Å². The molecular formula is C7H11F3N2O. The van der Waals surface area contributed by atoms with Gasteiger partial charge in [0.05, 0.1) is 5.54 Å². The summed E-state index contributed by atoms with van der Waals surface area (Å²) in [7, 11) is 0. The van der Waals surface area contributed by atoms with Gasteiger partial charge in [-0.25, -0.2) is 0 Å². The maximum absolute atomic E-state index is 11.8. The van der Waals surface area contributed by atoms with Crippen molar-refractivity contribution in [2.24, 2.45) is 0 Å². The number of rotatable bonds is 1. The molecule has 3 nitrogen and oxygen atoms in total. The minimum atomic E-state index is -4.79. The van der Waals surface area contributed by atoms with Gasteiger partial charge in [0.25, 0.3) is 0 Å². The van der Waals surface area contributed by atoms with Crippen LogP contribution in [0, 0.1) is 0 Å². The second-order valence-corrected chi connectivity index (χ2v) is 3.44. The average molecular weight is 196 g/mol. The molecular weight excluding hydrogens is 185 g/mol. The molecule has 1 atom stereocenters. The molecule has 0 aliphatic carbocycles. The van der Waals surface area contributed by atoms with Crippen LogP contribution in [0.3, 0.4) is 0 Å². The van der Waals surface area contributed by atoms with Crippen molar-refractivity contribution in [1.82, 2.24) is 10.6 Å². The highest BCUT2D eigenvalue weighted by atomic mass is 19.4. The van der Waals surface area contributed by atoms with E-state index in [4.69, 9.17) is 0 Å². The summed E-state index contributed by atoms with van der Waals surface area (Å²) in [6.45, 7) is 2.61. The second-order valence-electron chi connectivity index (χ2n) is 3.44. The van der Waals surface area contributed by atoms with Gasteiger partial charge in [-0.3, -0.25) is 4.79 Å². The average Bonchev–Trinajstić information content (AvgIpc) is 2.33. The lowest BCUT2D eigenvalue weighted by Gasteiger charge is -2.24. The predicted molar refractivity (Wildman–Crippen MR) is 40.1 cm³/mol. The minimum absolute atomic E-state index is 0.384. The van der Waals surface area contributed by atoms with Gasteiger partial charge in [-0.05, 0) is 19.9 Å². The van der Waals surface area contributed by atoms with Gasteiger partial charge in [-0.1, -0.05) is 0 Å². The summed E-state index contributed by atoms with van der Waals surface area (Å²) < 4.78 is 35.5. The molecule has 0 aromatic heterocycles. The van der Waals surface area contributed by atoms with Gasteiger partial charge >= 0.3 is 12.1 Å². The number of carbonyl (C=O) groups excluding carboxylic acids is 1. The Balaban J connectivity index is 2.53. The van der Waals surface area contributed by atoms with Gasteiger partial charge in [0.1, 0.15) is 0 Å². The first-order valence-electron chi connectivity index (χ1n) is 3.94. The maximum Gasteiger partial charge on any atom is 0.471 e. The van der Waals surface area contributed by atoms with Crippen molar-refractivity contribution in [2.75, 3.05) is 13.1 Å². The maximum atomic E-state index is 11.8. The Morgan fingerprint density at radius 3 is 2.54 bits per heavy atom. The summed E-state index contributed by atoms with van der Waals surface area (Å²) in [6, 6.07) is 0. The van der Waals surface area contributed by atoms with Crippen molar-refractivity contribution >= 4 is 5.91 Å². The molecule has 1 fully saturated rings. The van der Waals surface area contributed by atoms with E-state index in [-0.39, 0.29) is 0 Å². The topological polar surface area (TPSA) is 41.1 Å². The molecule has 0 radical (unpaired) electrons. The highest BCUT2D eigenvalue weighted by molar-refractivity contribution is 5.82. The lowest BCUT2D eigenvalue weighted by Crippen LogP contribution is -2.52. The monoisotopic (exact) mass is 196 g/mol. The molecule has 0 saturated carbocycles. The van der Waals surface area contributed by atoms with Crippen LogP contribution in [0.1, 0.15) is 13.3 Å². The Hall–Kier alpha value is -0.780. The zero-order chi connectivity index (χ0) is 10.1. The van der Waals surface area contributed by atoms with Crippen molar-refractivity contribution in [3.8, 4) is 0 Å². The van der Waals surface area contributed by atoms with Crippen LogP contribution >= 0.6 is 0 Å². The lowest BCUT2D eigenvalue weighted by molar-refractivity contribution is -0.175. The molecule has 6 heteroatoms. The lowest BCUT2D eigenvalue weighted by atomic mass is 10.0. The van der Waals surface area contributed by atoms with Crippen LogP contribution in [-0.4, -0.2) is 30.7 Å². The zero-order valence-electron chi connectivity index (χ0n) is 7.16. The predicted octanol–water partition coefficient (Wildman–Crippen LogP) is 0.417. The van der Waals surface area contributed by atoms with Crippen LogP contribution in [0.2, 0.25) is 0 Å². The fourth-order valence-electron chi connectivity index (χ4n) is 1.27. The molecule has 13 heavy (non-hydrogen) atoms. The van der Waals surface area contributed by atoms with E-state index in [1.165, 1.54) is 0 Å². The van der Waals surface area contributed by atoms with Crippen molar-refractivity contribution in [3.05, 3.63) is 0 Å². The van der Waals surface area contributed by atoms with Gasteiger partial charge in [-0.15, -0.1) is 0 Å². The van der Waals surface area contributed by atoms with E-state index in [0.717, 1.165) is 0 Å². The highest BCUT2D eigenvalue weighted by Gasteiger charge is 2.43. The largest absolute Gasteiger partial charge is 0.471 e. The third-order valence-electron chi connectivity index (χ3n) is 2.04. The molecule has 0 aromatic rings. The minimum Gasteiger partial charge on any atom is -0.342 e. The number of nitrogens with one attached hydrogen (secondary N) is 2. The van der Waals surface area contributed by atoms with Crippen molar-refractivity contribution in [1.29, 1.82) is 0 Å². The van der Waals surface area contributed by atoms with Crippen LogP contribution in [0.5, 0.6) is 0 Å². The van der Waals surface area contributed by atoms with E-state index < -0.39 is 17.6 Å². The molecule has 76 valence electrons. The number of hydrogen-bond acceptors (Lipinski definition) is 2. The Labute approximate surface area is 73.7 Å². The Kier molecular flexibility index (Phi) is 2.51. The standard InChI is InChI=1S/C7H11F3N2O/c1-6(2-3-11-4-6)12-5(13)7(8,9)10/h11H,2-4H2,1H3,(H,12,13)/t6-/m1/s1. The zero-order valence-corrected chi connectivity index (χ0v) is 7.16. The molecule has 2 N–H and O–H groups in total. The summed E-state index contributed by atoms with van der Waals surface area (Å²) in [5.74, 6) is -1.86. The highest BCUT2D eigenvalue weighted by Crippen LogP contribution is 2.19. The number of carbonyl (C=O) groups is 1. The van der Waals surface area contributed by atoms with E-state index in [1.54, 1.807) is 6.92 Å². The van der Waals surface area contributed by atoms with E-state index in [0.29, 0.717) is 19.5 Å². The molecule has 1 aliphatic heterocycles. The smallest absolute Gasteiger partial charge is 0.342 e. The SMILES string of the molecule is C[C@@]1(NC(=O)C(F)(F)F)CCNC1. The van der Waals surface area contributed by atoms with Crippen molar-refractivity contribution in [3.63, 3.8) is 0 Å². The number of halogens is 3. The molecule has 0 bridgehead atoms. The van der Waals surface area contributed by atoms with E-state index in [2.05, 4.69) is 5.32 Å². The van der Waals surface area contributed by atoms with Gasteiger partial charge in [0.15, 0.2) is 0 Å². The van der Waals surface area contributed by atoms with Crippen LogP contribution in [-0.2, 0) is 4.79 Å². The van der Waals surface area contributed by atoms with E-state index >= 15 is 0 Å². The first-order valence-corrected chi connectivity index (χ1v) is 3.94. The molecule has 0 unspecified atom stereocenters. The van der Waals surface area contributed by atoms with E-state index in [1.807, 2.05) is 5.32 Å². The summed E-state index contributed by atoms with van der Waals surface area (Å²) in [5, 5.41) is 4.86. The van der Waals surface area contributed by atoms with Crippen LogP contribution in [0.15, 0.2) is 0 Å². The third-order valence-corrected chi connectivity index (χ3v) is 2.04. The van der Waals surface area contributed by atoms with Crippen molar-refractivity contribution in [2.45, 2.75) is 25.1 Å². The fraction of sp³-hybridized carbons (Fsp3) is 0.857. The Morgan fingerprint density at radius 2 is 2.15 bits per heavy atom. The second kappa shape index (κ2) is 3.17. The normalized spacial score (nSPS) is 28.9. The quantitative estimate of drug-likeness (QED) is 0.638. The molecule has 0 aromatic carbocycles. The van der Waals surface area contributed by atoms with Gasteiger partial charge in [0, 0.05) is 6.54 Å². The molecule has 1 aliphatic rings. The first kappa shape index (κ1) is 10.3. The Morgan fingerprint density at radius 1 is 1.54 bits per heavy atom. The van der Waals surface area contributed by atoms with Crippen LogP contribution in [0.25, 0.3) is 0 Å². The number of alkyl halides is 3.